The van der Waals surface area contributed by atoms with Crippen LogP contribution in [0.3, 0.4) is 0 Å². The van der Waals surface area contributed by atoms with Crippen molar-refractivity contribution in [3.8, 4) is 0 Å². The van der Waals surface area contributed by atoms with E-state index >= 15 is 0 Å². The van der Waals surface area contributed by atoms with E-state index < -0.39 is 0 Å². The summed E-state index contributed by atoms with van der Waals surface area (Å²) in [7, 11) is 0. The normalized spacial score (nSPS) is 35.8. The summed E-state index contributed by atoms with van der Waals surface area (Å²) in [4.78, 5) is 7.87. The molecule has 3 nitrogen and oxygen atoms in total. The Morgan fingerprint density at radius 3 is 2.65 bits per heavy atom. The van der Waals surface area contributed by atoms with Crippen molar-refractivity contribution in [3.63, 3.8) is 0 Å². The third-order valence-electron chi connectivity index (χ3n) is 5.20. The monoisotopic (exact) mass is 277 g/mol. The third-order valence-corrected chi connectivity index (χ3v) is 5.20. The zero-order valence-corrected chi connectivity index (χ0v) is 13.5. The smallest absolute Gasteiger partial charge is 0.104 e. The standard InChI is InChI=1S/C17H31N3/c1-17(2,3)20-15-10-5-4-9-14(15)19-16(20)12-13-8-6-7-11-18-13/h13,15-16,18H,4-12H2,1-3H3. The zero-order chi connectivity index (χ0) is 14.2. The zero-order valence-electron chi connectivity index (χ0n) is 13.5. The van der Waals surface area contributed by atoms with Crippen molar-refractivity contribution in [1.82, 2.24) is 10.2 Å². The number of rotatable bonds is 2. The Kier molecular flexibility index (Phi) is 4.19. The van der Waals surface area contributed by atoms with Crippen LogP contribution < -0.4 is 5.32 Å². The highest BCUT2D eigenvalue weighted by atomic mass is 15.4. The van der Waals surface area contributed by atoms with E-state index in [1.54, 1.807) is 0 Å². The molecule has 2 aliphatic heterocycles. The number of hydrogen-bond donors (Lipinski definition) is 1. The summed E-state index contributed by atoms with van der Waals surface area (Å²) in [6.45, 7) is 8.29. The lowest BCUT2D eigenvalue weighted by Crippen LogP contribution is -2.53. The summed E-state index contributed by atoms with van der Waals surface area (Å²) in [5, 5.41) is 3.70. The molecule has 3 atom stereocenters. The quantitative estimate of drug-likeness (QED) is 0.838. The van der Waals surface area contributed by atoms with Crippen LogP contribution in [0, 0.1) is 0 Å². The molecule has 2 fully saturated rings. The van der Waals surface area contributed by atoms with Crippen molar-refractivity contribution in [1.29, 1.82) is 0 Å². The van der Waals surface area contributed by atoms with Gasteiger partial charge in [-0.3, -0.25) is 9.89 Å². The summed E-state index contributed by atoms with van der Waals surface area (Å²) in [5.74, 6) is 0. The molecule has 0 aromatic heterocycles. The molecule has 2 heterocycles. The summed E-state index contributed by atoms with van der Waals surface area (Å²) in [6, 6.07) is 1.32. The largest absolute Gasteiger partial charge is 0.314 e. The second kappa shape index (κ2) is 5.76. The van der Waals surface area contributed by atoms with Crippen LogP contribution in [0.15, 0.2) is 4.99 Å². The number of piperidine rings is 1. The molecule has 20 heavy (non-hydrogen) atoms. The first-order valence-electron chi connectivity index (χ1n) is 8.64. The summed E-state index contributed by atoms with van der Waals surface area (Å²) in [5.41, 5.74) is 1.74. The van der Waals surface area contributed by atoms with Crippen molar-refractivity contribution >= 4 is 5.71 Å². The minimum absolute atomic E-state index is 0.229. The molecule has 0 amide bonds. The van der Waals surface area contributed by atoms with E-state index in [9.17, 15) is 0 Å². The van der Waals surface area contributed by atoms with Crippen molar-refractivity contribution in [3.05, 3.63) is 0 Å². The van der Waals surface area contributed by atoms with E-state index in [0.717, 1.165) is 0 Å². The molecule has 0 bridgehead atoms. The highest BCUT2D eigenvalue weighted by Gasteiger charge is 2.43. The summed E-state index contributed by atoms with van der Waals surface area (Å²) >= 11 is 0. The van der Waals surface area contributed by atoms with Crippen LogP contribution in [0.2, 0.25) is 0 Å². The molecule has 114 valence electrons. The van der Waals surface area contributed by atoms with Crippen molar-refractivity contribution in [2.24, 2.45) is 4.99 Å². The molecule has 3 heteroatoms. The number of fused-ring (bicyclic) bond motifs is 1. The fourth-order valence-corrected chi connectivity index (χ4v) is 4.35. The lowest BCUT2D eigenvalue weighted by Gasteiger charge is -2.42. The fraction of sp³-hybridized carbons (Fsp3) is 0.941. The molecule has 3 unspecified atom stereocenters. The number of nitrogens with zero attached hydrogens (tertiary/aromatic N) is 2. The van der Waals surface area contributed by atoms with Gasteiger partial charge in [0.1, 0.15) is 6.17 Å². The Bertz CT molecular complexity index is 363. The molecule has 3 rings (SSSR count). The molecule has 3 aliphatic rings. The molecule has 0 radical (unpaired) electrons. The summed E-state index contributed by atoms with van der Waals surface area (Å²) in [6.07, 6.45) is 11.0. The molecule has 0 aromatic carbocycles. The molecule has 1 aliphatic carbocycles. The first-order valence-corrected chi connectivity index (χ1v) is 8.64. The van der Waals surface area contributed by atoms with Gasteiger partial charge >= 0.3 is 0 Å². The first-order chi connectivity index (χ1) is 9.55. The summed E-state index contributed by atoms with van der Waals surface area (Å²) < 4.78 is 0. The minimum atomic E-state index is 0.229. The van der Waals surface area contributed by atoms with Gasteiger partial charge in [-0.15, -0.1) is 0 Å². The Morgan fingerprint density at radius 2 is 1.95 bits per heavy atom. The predicted octanol–water partition coefficient (Wildman–Crippen LogP) is 3.34. The first kappa shape index (κ1) is 14.5. The average molecular weight is 277 g/mol. The number of nitrogens with one attached hydrogen (secondary N) is 1. The van der Waals surface area contributed by atoms with Crippen LogP contribution in [0.25, 0.3) is 0 Å². The second-order valence-corrected chi connectivity index (χ2v) is 7.82. The molecule has 1 N–H and O–H groups in total. The van der Waals surface area contributed by atoms with Gasteiger partial charge < -0.3 is 5.32 Å². The van der Waals surface area contributed by atoms with Crippen LogP contribution >= 0.6 is 0 Å². The minimum Gasteiger partial charge on any atom is -0.314 e. The molecule has 1 saturated heterocycles. The highest BCUT2D eigenvalue weighted by molar-refractivity contribution is 5.92. The third kappa shape index (κ3) is 2.94. The van der Waals surface area contributed by atoms with Gasteiger partial charge in [0, 0.05) is 17.3 Å². The predicted molar refractivity (Wildman–Crippen MR) is 85.3 cm³/mol. The van der Waals surface area contributed by atoms with Gasteiger partial charge in [0.2, 0.25) is 0 Å². The number of aliphatic imine (C=N–C) groups is 1. The lowest BCUT2D eigenvalue weighted by molar-refractivity contribution is 0.0620. The van der Waals surface area contributed by atoms with Gasteiger partial charge in [-0.05, 0) is 65.8 Å². The maximum absolute atomic E-state index is 5.15. The van der Waals surface area contributed by atoms with E-state index in [2.05, 4.69) is 31.0 Å². The Morgan fingerprint density at radius 1 is 1.15 bits per heavy atom. The van der Waals surface area contributed by atoms with Crippen molar-refractivity contribution < 1.29 is 0 Å². The van der Waals surface area contributed by atoms with E-state index in [0.29, 0.717) is 18.2 Å². The Balaban J connectivity index is 1.74. The SMILES string of the molecule is CC(C)(C)N1C(CC2CCCCN2)N=C2CCCCC21. The van der Waals surface area contributed by atoms with Crippen molar-refractivity contribution in [2.45, 2.75) is 95.9 Å². The van der Waals surface area contributed by atoms with Crippen LogP contribution in [0.4, 0.5) is 0 Å². The van der Waals surface area contributed by atoms with Crippen LogP contribution in [0.5, 0.6) is 0 Å². The van der Waals surface area contributed by atoms with E-state index in [-0.39, 0.29) is 5.54 Å². The van der Waals surface area contributed by atoms with E-state index in [4.69, 9.17) is 4.99 Å². The van der Waals surface area contributed by atoms with Crippen LogP contribution in [-0.2, 0) is 0 Å². The molecular formula is C17H31N3. The lowest BCUT2D eigenvalue weighted by atomic mass is 9.90. The van der Waals surface area contributed by atoms with Gasteiger partial charge in [-0.25, -0.2) is 0 Å². The maximum atomic E-state index is 5.15. The van der Waals surface area contributed by atoms with Gasteiger partial charge in [0.15, 0.2) is 0 Å². The molecule has 0 spiro atoms. The van der Waals surface area contributed by atoms with Gasteiger partial charge in [-0.1, -0.05) is 12.8 Å². The Hall–Kier alpha value is -0.410. The van der Waals surface area contributed by atoms with Gasteiger partial charge in [0.25, 0.3) is 0 Å². The van der Waals surface area contributed by atoms with E-state index in [1.165, 1.54) is 63.6 Å². The maximum Gasteiger partial charge on any atom is 0.104 e. The molecule has 1 saturated carbocycles. The van der Waals surface area contributed by atoms with Gasteiger partial charge in [0.05, 0.1) is 6.04 Å². The van der Waals surface area contributed by atoms with Crippen LogP contribution in [-0.4, -0.2) is 40.9 Å². The second-order valence-electron chi connectivity index (χ2n) is 7.82. The Labute approximate surface area is 124 Å². The number of hydrogen-bond acceptors (Lipinski definition) is 3. The average Bonchev–Trinajstić information content (AvgIpc) is 2.77. The highest BCUT2D eigenvalue weighted by Crippen LogP contribution is 2.36. The molecule has 0 aromatic rings. The van der Waals surface area contributed by atoms with Crippen molar-refractivity contribution in [2.75, 3.05) is 6.54 Å². The van der Waals surface area contributed by atoms with E-state index in [1.807, 2.05) is 0 Å². The van der Waals surface area contributed by atoms with Crippen LogP contribution in [0.1, 0.15) is 72.1 Å². The fourth-order valence-electron chi connectivity index (χ4n) is 4.35. The van der Waals surface area contributed by atoms with Gasteiger partial charge in [-0.2, -0.15) is 0 Å². The molecular weight excluding hydrogens is 246 g/mol. The topological polar surface area (TPSA) is 27.6 Å².